The van der Waals surface area contributed by atoms with Gasteiger partial charge in [0.25, 0.3) is 0 Å². The number of ether oxygens (including phenoxy) is 1. The Morgan fingerprint density at radius 1 is 1.31 bits per heavy atom. The van der Waals surface area contributed by atoms with Crippen molar-refractivity contribution in [2.45, 2.75) is 13.3 Å². The zero-order valence-electron chi connectivity index (χ0n) is 7.94. The van der Waals surface area contributed by atoms with Crippen molar-refractivity contribution in [2.24, 2.45) is 5.92 Å². The third-order valence-electron chi connectivity index (χ3n) is 2.06. The molecule has 2 heteroatoms. The molecule has 0 heterocycles. The summed E-state index contributed by atoms with van der Waals surface area (Å²) in [5, 5.41) is 0. The van der Waals surface area contributed by atoms with Gasteiger partial charge in [0.2, 0.25) is 0 Å². The molecule has 0 amide bonds. The van der Waals surface area contributed by atoms with Crippen LogP contribution in [0.25, 0.3) is 0 Å². The molecule has 1 atom stereocenters. The maximum atomic E-state index is 5.60. The van der Waals surface area contributed by atoms with Gasteiger partial charge in [-0.15, -0.1) is 0 Å². The highest BCUT2D eigenvalue weighted by Crippen LogP contribution is 2.12. The third-order valence-corrected chi connectivity index (χ3v) is 2.58. The van der Waals surface area contributed by atoms with Crippen molar-refractivity contribution < 1.29 is 4.74 Å². The average Bonchev–Trinajstić information content (AvgIpc) is 2.21. The molecule has 0 bridgehead atoms. The standard InChI is InChI=1S/C11H16OS/c1-2-10(9-13)8-12-11-6-4-3-5-7-11/h3-7,10,13H,2,8-9H2,1H3. The van der Waals surface area contributed by atoms with Gasteiger partial charge in [-0.05, 0) is 24.3 Å². The van der Waals surface area contributed by atoms with Gasteiger partial charge in [0, 0.05) is 5.92 Å². The average molecular weight is 196 g/mol. The molecular weight excluding hydrogens is 180 g/mol. The summed E-state index contributed by atoms with van der Waals surface area (Å²) >= 11 is 4.26. The lowest BCUT2D eigenvalue weighted by Crippen LogP contribution is -2.12. The van der Waals surface area contributed by atoms with Crippen molar-refractivity contribution in [3.05, 3.63) is 30.3 Å². The number of benzene rings is 1. The number of thiol groups is 1. The van der Waals surface area contributed by atoms with Gasteiger partial charge >= 0.3 is 0 Å². The molecule has 0 spiro atoms. The third kappa shape index (κ3) is 3.73. The zero-order chi connectivity index (χ0) is 9.52. The maximum absolute atomic E-state index is 5.60. The van der Waals surface area contributed by atoms with Crippen LogP contribution in [0.2, 0.25) is 0 Å². The molecular formula is C11H16OS. The fraction of sp³-hybridized carbons (Fsp3) is 0.455. The molecule has 0 aliphatic carbocycles. The Bertz CT molecular complexity index is 219. The molecule has 0 aliphatic rings. The second-order valence-corrected chi connectivity index (χ2v) is 3.45. The van der Waals surface area contributed by atoms with Crippen molar-refractivity contribution >= 4 is 12.6 Å². The molecule has 1 unspecified atom stereocenters. The first-order valence-electron chi connectivity index (χ1n) is 4.65. The van der Waals surface area contributed by atoms with Gasteiger partial charge < -0.3 is 4.74 Å². The van der Waals surface area contributed by atoms with Crippen molar-refractivity contribution in [1.82, 2.24) is 0 Å². The largest absolute Gasteiger partial charge is 0.493 e. The molecule has 1 aromatic carbocycles. The Morgan fingerprint density at radius 3 is 2.54 bits per heavy atom. The highest BCUT2D eigenvalue weighted by molar-refractivity contribution is 7.80. The summed E-state index contributed by atoms with van der Waals surface area (Å²) in [5.41, 5.74) is 0. The molecule has 0 radical (unpaired) electrons. The molecule has 72 valence electrons. The van der Waals surface area contributed by atoms with E-state index in [-0.39, 0.29) is 0 Å². The number of para-hydroxylation sites is 1. The predicted molar refractivity (Wildman–Crippen MR) is 59.6 cm³/mol. The van der Waals surface area contributed by atoms with Gasteiger partial charge in [-0.3, -0.25) is 0 Å². The first kappa shape index (κ1) is 10.5. The lowest BCUT2D eigenvalue weighted by atomic mass is 10.1. The van der Waals surface area contributed by atoms with Crippen molar-refractivity contribution in [3.63, 3.8) is 0 Å². The van der Waals surface area contributed by atoms with Gasteiger partial charge in [-0.25, -0.2) is 0 Å². The van der Waals surface area contributed by atoms with E-state index in [1.807, 2.05) is 30.3 Å². The molecule has 13 heavy (non-hydrogen) atoms. The van der Waals surface area contributed by atoms with Crippen molar-refractivity contribution in [2.75, 3.05) is 12.4 Å². The lowest BCUT2D eigenvalue weighted by Gasteiger charge is -2.12. The van der Waals surface area contributed by atoms with Crippen molar-refractivity contribution in [3.8, 4) is 5.75 Å². The topological polar surface area (TPSA) is 9.23 Å². The van der Waals surface area contributed by atoms with E-state index in [9.17, 15) is 0 Å². The molecule has 0 saturated heterocycles. The van der Waals surface area contributed by atoms with Crippen LogP contribution in [0.15, 0.2) is 30.3 Å². The summed E-state index contributed by atoms with van der Waals surface area (Å²) in [6, 6.07) is 9.91. The Morgan fingerprint density at radius 2 is 2.00 bits per heavy atom. The van der Waals surface area contributed by atoms with Crippen LogP contribution in [-0.2, 0) is 0 Å². The summed E-state index contributed by atoms with van der Waals surface area (Å²) in [4.78, 5) is 0. The number of hydrogen-bond donors (Lipinski definition) is 1. The molecule has 0 aromatic heterocycles. The number of rotatable bonds is 5. The minimum atomic E-state index is 0.559. The second-order valence-electron chi connectivity index (χ2n) is 3.08. The van der Waals surface area contributed by atoms with E-state index in [1.165, 1.54) is 0 Å². The summed E-state index contributed by atoms with van der Waals surface area (Å²) in [5.74, 6) is 2.40. The van der Waals surface area contributed by atoms with Crippen LogP contribution in [0.1, 0.15) is 13.3 Å². The molecule has 0 aliphatic heterocycles. The Balaban J connectivity index is 2.34. The van der Waals surface area contributed by atoms with E-state index < -0.39 is 0 Å². The summed E-state index contributed by atoms with van der Waals surface area (Å²) in [6.07, 6.45) is 1.12. The van der Waals surface area contributed by atoms with E-state index in [0.29, 0.717) is 5.92 Å². The molecule has 0 N–H and O–H groups in total. The maximum Gasteiger partial charge on any atom is 0.119 e. The minimum absolute atomic E-state index is 0.559. The van der Waals surface area contributed by atoms with Gasteiger partial charge in [-0.2, -0.15) is 12.6 Å². The van der Waals surface area contributed by atoms with Crippen LogP contribution in [0.3, 0.4) is 0 Å². The SMILES string of the molecule is CCC(CS)COc1ccccc1. The van der Waals surface area contributed by atoms with E-state index in [4.69, 9.17) is 4.74 Å². The highest BCUT2D eigenvalue weighted by atomic mass is 32.1. The first-order valence-corrected chi connectivity index (χ1v) is 5.28. The van der Waals surface area contributed by atoms with Gasteiger partial charge in [0.05, 0.1) is 6.61 Å². The highest BCUT2D eigenvalue weighted by Gasteiger charge is 2.03. The van der Waals surface area contributed by atoms with Crippen LogP contribution < -0.4 is 4.74 Å². The van der Waals surface area contributed by atoms with E-state index in [2.05, 4.69) is 19.6 Å². The Labute approximate surface area is 85.5 Å². The quantitative estimate of drug-likeness (QED) is 0.712. The van der Waals surface area contributed by atoms with Gasteiger partial charge in [-0.1, -0.05) is 25.1 Å². The van der Waals surface area contributed by atoms with E-state index in [1.54, 1.807) is 0 Å². The Hall–Kier alpha value is -0.630. The zero-order valence-corrected chi connectivity index (χ0v) is 8.84. The summed E-state index contributed by atoms with van der Waals surface area (Å²) < 4.78 is 5.60. The van der Waals surface area contributed by atoms with Crippen LogP contribution in [0.5, 0.6) is 5.75 Å². The van der Waals surface area contributed by atoms with Crippen LogP contribution in [0, 0.1) is 5.92 Å². The van der Waals surface area contributed by atoms with Crippen LogP contribution >= 0.6 is 12.6 Å². The molecule has 1 rings (SSSR count). The van der Waals surface area contributed by atoms with Gasteiger partial charge in [0.1, 0.15) is 5.75 Å². The van der Waals surface area contributed by atoms with E-state index in [0.717, 1.165) is 24.5 Å². The lowest BCUT2D eigenvalue weighted by molar-refractivity contribution is 0.259. The molecule has 1 aromatic rings. The second kappa shape index (κ2) is 5.92. The molecule has 0 fully saturated rings. The smallest absolute Gasteiger partial charge is 0.119 e. The van der Waals surface area contributed by atoms with Gasteiger partial charge in [0.15, 0.2) is 0 Å². The van der Waals surface area contributed by atoms with E-state index >= 15 is 0 Å². The first-order chi connectivity index (χ1) is 6.36. The number of hydrogen-bond acceptors (Lipinski definition) is 2. The van der Waals surface area contributed by atoms with Crippen LogP contribution in [-0.4, -0.2) is 12.4 Å². The summed E-state index contributed by atoms with van der Waals surface area (Å²) in [6.45, 7) is 2.93. The monoisotopic (exact) mass is 196 g/mol. The van der Waals surface area contributed by atoms with Crippen LogP contribution in [0.4, 0.5) is 0 Å². The fourth-order valence-electron chi connectivity index (χ4n) is 1.03. The predicted octanol–water partition coefficient (Wildman–Crippen LogP) is 3.02. The fourth-order valence-corrected chi connectivity index (χ4v) is 1.39. The normalized spacial score (nSPS) is 12.5. The minimum Gasteiger partial charge on any atom is -0.493 e. The summed E-state index contributed by atoms with van der Waals surface area (Å²) in [7, 11) is 0. The molecule has 0 saturated carbocycles. The van der Waals surface area contributed by atoms with Crippen molar-refractivity contribution in [1.29, 1.82) is 0 Å². The molecule has 1 nitrogen and oxygen atoms in total. The Kier molecular flexibility index (Phi) is 4.76.